The molecule has 0 unspecified atom stereocenters. The van der Waals surface area contributed by atoms with Gasteiger partial charge in [0.15, 0.2) is 5.96 Å². The maximum Gasteiger partial charge on any atom is 0.328 e. The van der Waals surface area contributed by atoms with E-state index in [9.17, 15) is 9.59 Å². The number of esters is 1. The summed E-state index contributed by atoms with van der Waals surface area (Å²) >= 11 is 0. The molecule has 0 atom stereocenters. The number of piperidine rings is 1. The SMILES string of the molecule is CCNC(=NCC(=O)OC(C)(C)C)NC1CCN(C(N)=O)CC1.I. The van der Waals surface area contributed by atoms with Crippen molar-refractivity contribution in [3.8, 4) is 0 Å². The molecular weight excluding hydrogens is 425 g/mol. The van der Waals surface area contributed by atoms with Gasteiger partial charge in [0.05, 0.1) is 0 Å². The van der Waals surface area contributed by atoms with Crippen LogP contribution >= 0.6 is 24.0 Å². The second-order valence-corrected chi connectivity index (χ2v) is 6.53. The van der Waals surface area contributed by atoms with E-state index in [0.29, 0.717) is 25.6 Å². The number of urea groups is 1. The first kappa shape index (κ1) is 22.7. The number of likely N-dealkylation sites (tertiary alicyclic amines) is 1. The fourth-order valence-corrected chi connectivity index (χ4v) is 2.27. The van der Waals surface area contributed by atoms with Crippen LogP contribution in [0.15, 0.2) is 4.99 Å². The van der Waals surface area contributed by atoms with Crippen LogP contribution in [0.5, 0.6) is 0 Å². The summed E-state index contributed by atoms with van der Waals surface area (Å²) in [5, 5.41) is 6.39. The first-order valence-corrected chi connectivity index (χ1v) is 8.02. The van der Waals surface area contributed by atoms with E-state index in [4.69, 9.17) is 10.5 Å². The minimum absolute atomic E-state index is 0. The molecular formula is C15H30IN5O3. The second kappa shape index (κ2) is 10.6. The highest BCUT2D eigenvalue weighted by Gasteiger charge is 2.22. The van der Waals surface area contributed by atoms with Gasteiger partial charge in [0.2, 0.25) is 0 Å². The Hall–Kier alpha value is -1.26. The Morgan fingerprint density at radius 3 is 2.33 bits per heavy atom. The normalized spacial score (nSPS) is 16.2. The number of primary amides is 1. The summed E-state index contributed by atoms with van der Waals surface area (Å²) in [4.78, 5) is 28.7. The van der Waals surface area contributed by atoms with E-state index in [1.54, 1.807) is 4.90 Å². The van der Waals surface area contributed by atoms with Crippen molar-refractivity contribution in [3.05, 3.63) is 0 Å². The molecule has 1 heterocycles. The smallest absolute Gasteiger partial charge is 0.328 e. The van der Waals surface area contributed by atoms with Crippen LogP contribution in [0.3, 0.4) is 0 Å². The van der Waals surface area contributed by atoms with Gasteiger partial charge in [0.25, 0.3) is 0 Å². The molecule has 1 fully saturated rings. The molecule has 24 heavy (non-hydrogen) atoms. The van der Waals surface area contributed by atoms with Crippen LogP contribution in [0.2, 0.25) is 0 Å². The number of nitrogens with one attached hydrogen (secondary N) is 2. The molecule has 0 aromatic rings. The Balaban J connectivity index is 0.00000529. The highest BCUT2D eigenvalue weighted by atomic mass is 127. The molecule has 2 amide bonds. The van der Waals surface area contributed by atoms with Gasteiger partial charge in [-0.1, -0.05) is 0 Å². The van der Waals surface area contributed by atoms with Crippen molar-refractivity contribution in [3.63, 3.8) is 0 Å². The topological polar surface area (TPSA) is 109 Å². The lowest BCUT2D eigenvalue weighted by atomic mass is 10.1. The fourth-order valence-electron chi connectivity index (χ4n) is 2.27. The Labute approximate surface area is 161 Å². The number of hydrogen-bond donors (Lipinski definition) is 3. The Bertz CT molecular complexity index is 443. The van der Waals surface area contributed by atoms with Gasteiger partial charge in [-0.05, 0) is 40.5 Å². The number of amides is 2. The summed E-state index contributed by atoms with van der Waals surface area (Å²) in [6.07, 6.45) is 1.58. The van der Waals surface area contributed by atoms with E-state index in [1.165, 1.54) is 0 Å². The number of aliphatic imine (C=N–C) groups is 1. The van der Waals surface area contributed by atoms with Gasteiger partial charge < -0.3 is 26.0 Å². The monoisotopic (exact) mass is 455 g/mol. The van der Waals surface area contributed by atoms with Gasteiger partial charge in [-0.3, -0.25) is 4.79 Å². The molecule has 0 bridgehead atoms. The van der Waals surface area contributed by atoms with Crippen LogP contribution in [-0.2, 0) is 9.53 Å². The van der Waals surface area contributed by atoms with Gasteiger partial charge in [-0.25, -0.2) is 9.79 Å². The van der Waals surface area contributed by atoms with Crippen molar-refractivity contribution in [1.29, 1.82) is 0 Å². The summed E-state index contributed by atoms with van der Waals surface area (Å²) in [6.45, 7) is 9.34. The van der Waals surface area contributed by atoms with Crippen molar-refractivity contribution in [2.24, 2.45) is 10.7 Å². The lowest BCUT2D eigenvalue weighted by Gasteiger charge is -2.32. The van der Waals surface area contributed by atoms with Crippen molar-refractivity contribution >= 4 is 41.9 Å². The highest BCUT2D eigenvalue weighted by molar-refractivity contribution is 14.0. The third kappa shape index (κ3) is 9.14. The minimum Gasteiger partial charge on any atom is -0.459 e. The summed E-state index contributed by atoms with van der Waals surface area (Å²) in [6, 6.07) is -0.184. The van der Waals surface area contributed by atoms with Crippen LogP contribution < -0.4 is 16.4 Å². The van der Waals surface area contributed by atoms with Crippen LogP contribution in [-0.4, -0.2) is 60.7 Å². The van der Waals surface area contributed by atoms with Crippen molar-refractivity contribution in [2.75, 3.05) is 26.2 Å². The number of guanidine groups is 1. The molecule has 140 valence electrons. The predicted octanol–water partition coefficient (Wildman–Crippen LogP) is 1.04. The van der Waals surface area contributed by atoms with Crippen molar-refractivity contribution in [1.82, 2.24) is 15.5 Å². The average molecular weight is 455 g/mol. The number of hydrogen-bond acceptors (Lipinski definition) is 4. The first-order valence-electron chi connectivity index (χ1n) is 8.02. The zero-order chi connectivity index (χ0) is 17.5. The van der Waals surface area contributed by atoms with E-state index >= 15 is 0 Å². The quantitative estimate of drug-likeness (QED) is 0.254. The van der Waals surface area contributed by atoms with Gasteiger partial charge >= 0.3 is 12.0 Å². The Kier molecular flexibility index (Phi) is 10.0. The predicted molar refractivity (Wildman–Crippen MR) is 105 cm³/mol. The third-order valence-electron chi connectivity index (χ3n) is 3.28. The first-order chi connectivity index (χ1) is 10.7. The van der Waals surface area contributed by atoms with Gasteiger partial charge in [0.1, 0.15) is 12.1 Å². The maximum absolute atomic E-state index is 11.7. The molecule has 0 aliphatic carbocycles. The lowest BCUT2D eigenvalue weighted by Crippen LogP contribution is -2.50. The summed E-state index contributed by atoms with van der Waals surface area (Å²) in [5.41, 5.74) is 4.76. The zero-order valence-corrected chi connectivity index (χ0v) is 17.3. The molecule has 0 saturated carbocycles. The number of nitrogens with zero attached hydrogens (tertiary/aromatic N) is 2. The molecule has 0 spiro atoms. The number of halogens is 1. The standard InChI is InChI=1S/C15H29N5O3.HI/c1-5-17-14(18-10-12(21)23-15(2,3)4)19-11-6-8-20(9-7-11)13(16)22;/h11H,5-10H2,1-4H3,(H2,16,22)(H2,17,18,19);1H. The summed E-state index contributed by atoms with van der Waals surface area (Å²) < 4.78 is 5.24. The second-order valence-electron chi connectivity index (χ2n) is 6.53. The number of nitrogens with two attached hydrogens (primary N) is 1. The molecule has 1 aliphatic heterocycles. The average Bonchev–Trinajstić information content (AvgIpc) is 2.44. The minimum atomic E-state index is -0.514. The summed E-state index contributed by atoms with van der Waals surface area (Å²) in [7, 11) is 0. The summed E-state index contributed by atoms with van der Waals surface area (Å²) in [5.74, 6) is 0.217. The zero-order valence-electron chi connectivity index (χ0n) is 14.9. The Morgan fingerprint density at radius 2 is 1.88 bits per heavy atom. The molecule has 0 radical (unpaired) electrons. The van der Waals surface area contributed by atoms with E-state index < -0.39 is 5.60 Å². The molecule has 1 saturated heterocycles. The Morgan fingerprint density at radius 1 is 1.29 bits per heavy atom. The highest BCUT2D eigenvalue weighted by Crippen LogP contribution is 2.10. The van der Waals surface area contributed by atoms with E-state index in [0.717, 1.165) is 12.8 Å². The molecule has 1 rings (SSSR count). The van der Waals surface area contributed by atoms with Gasteiger partial charge in [-0.15, -0.1) is 24.0 Å². The van der Waals surface area contributed by atoms with Crippen LogP contribution in [0.1, 0.15) is 40.5 Å². The largest absolute Gasteiger partial charge is 0.459 e. The van der Waals surface area contributed by atoms with Crippen LogP contribution in [0.25, 0.3) is 0 Å². The van der Waals surface area contributed by atoms with Crippen LogP contribution in [0, 0.1) is 0 Å². The van der Waals surface area contributed by atoms with Crippen molar-refractivity contribution in [2.45, 2.75) is 52.2 Å². The number of carbonyl (C=O) groups excluding carboxylic acids is 2. The lowest BCUT2D eigenvalue weighted by molar-refractivity contribution is -0.152. The molecule has 9 heteroatoms. The van der Waals surface area contributed by atoms with Gasteiger partial charge in [-0.2, -0.15) is 0 Å². The number of ether oxygens (including phenoxy) is 1. The third-order valence-corrected chi connectivity index (χ3v) is 3.28. The van der Waals surface area contributed by atoms with Crippen LogP contribution in [0.4, 0.5) is 4.79 Å². The maximum atomic E-state index is 11.7. The van der Waals surface area contributed by atoms with Crippen molar-refractivity contribution < 1.29 is 14.3 Å². The van der Waals surface area contributed by atoms with E-state index in [-0.39, 0.29) is 48.6 Å². The number of rotatable bonds is 4. The van der Waals surface area contributed by atoms with E-state index in [2.05, 4.69) is 15.6 Å². The molecule has 1 aliphatic rings. The fraction of sp³-hybridized carbons (Fsp3) is 0.800. The van der Waals surface area contributed by atoms with Gasteiger partial charge in [0, 0.05) is 25.7 Å². The molecule has 8 nitrogen and oxygen atoms in total. The number of carbonyl (C=O) groups is 2. The molecule has 4 N–H and O–H groups in total. The molecule has 0 aromatic carbocycles. The van der Waals surface area contributed by atoms with E-state index in [1.807, 2.05) is 27.7 Å². The molecule has 0 aromatic heterocycles.